The van der Waals surface area contributed by atoms with E-state index in [1.807, 2.05) is 24.3 Å². The third-order valence-corrected chi connectivity index (χ3v) is 7.25. The van der Waals surface area contributed by atoms with Gasteiger partial charge in [-0.25, -0.2) is 0 Å². The maximum atomic E-state index is 12.1. The van der Waals surface area contributed by atoms with Crippen molar-refractivity contribution in [2.24, 2.45) is 5.11 Å². The molecule has 0 aliphatic carbocycles. The van der Waals surface area contributed by atoms with E-state index in [2.05, 4.69) is 35.7 Å². The molecule has 58 heavy (non-hydrogen) atoms. The van der Waals surface area contributed by atoms with Crippen molar-refractivity contribution in [2.75, 3.05) is 165 Å². The first kappa shape index (κ1) is 50.6. The number of benzene rings is 1. The van der Waals surface area contributed by atoms with Gasteiger partial charge in [0, 0.05) is 18.5 Å². The number of rotatable bonds is 42. The van der Waals surface area contributed by atoms with Gasteiger partial charge in [-0.3, -0.25) is 4.79 Å². The molecule has 0 saturated carbocycles. The zero-order chi connectivity index (χ0) is 41.2. The van der Waals surface area contributed by atoms with Gasteiger partial charge in [0.25, 0.3) is 0 Å². The third-order valence-electron chi connectivity index (χ3n) is 7.25. The summed E-state index contributed by atoms with van der Waals surface area (Å²) in [5.41, 5.74) is 8.29. The number of ether oxygens (including phenoxy) is 12. The fourth-order valence-electron chi connectivity index (χ4n) is 4.30. The first-order valence-electron chi connectivity index (χ1n) is 19.5. The lowest BCUT2D eigenvalue weighted by molar-refractivity contribution is -0.122. The van der Waals surface area contributed by atoms with Crippen LogP contribution >= 0.6 is 0 Å². The Morgan fingerprint density at radius 3 is 1.19 bits per heavy atom. The summed E-state index contributed by atoms with van der Waals surface area (Å²) in [6.07, 6.45) is 0.266. The smallest absolute Gasteiger partial charge is 0.222 e. The molecule has 2 rings (SSSR count). The summed E-state index contributed by atoms with van der Waals surface area (Å²) in [5.74, 6) is 0.879. The second-order valence-corrected chi connectivity index (χ2v) is 11.8. The number of nitrogens with one attached hydrogen (secondary N) is 2. The van der Waals surface area contributed by atoms with Crippen LogP contribution in [-0.2, 0) is 68.2 Å². The zero-order valence-corrected chi connectivity index (χ0v) is 33.9. The highest BCUT2D eigenvalue weighted by Crippen LogP contribution is 2.14. The molecule has 0 aliphatic heterocycles. The first-order chi connectivity index (χ1) is 28.7. The van der Waals surface area contributed by atoms with Crippen molar-refractivity contribution in [3.63, 3.8) is 0 Å². The molecule has 0 unspecified atom stereocenters. The Labute approximate surface area is 340 Å². The van der Waals surface area contributed by atoms with Crippen LogP contribution in [-0.4, -0.2) is 191 Å². The van der Waals surface area contributed by atoms with Crippen LogP contribution in [0.1, 0.15) is 17.8 Å². The Kier molecular flexibility index (Phi) is 34.0. The normalized spacial score (nSPS) is 11.2. The molecule has 1 aromatic heterocycles. The standard InChI is InChI=1S/C37H62N8O13/c1-33-41-43-37(44-42-33)35-4-2-34(3-5-35)32-39-36(46)6-8-47-10-12-49-14-16-51-18-20-53-22-24-55-26-28-57-30-31-58-29-27-56-25-23-54-21-19-52-17-15-50-13-11-48-9-7-40-45-38/h2-5,38H,6-32H2,1H3/p+1. The van der Waals surface area contributed by atoms with E-state index in [4.69, 9.17) is 62.4 Å². The summed E-state index contributed by atoms with van der Waals surface area (Å²) >= 11 is 0. The van der Waals surface area contributed by atoms with E-state index < -0.39 is 0 Å². The predicted octanol–water partition coefficient (Wildman–Crippen LogP) is 0.998. The molecule has 2 N–H and O–H groups in total. The van der Waals surface area contributed by atoms with E-state index in [-0.39, 0.29) is 12.3 Å². The summed E-state index contributed by atoms with van der Waals surface area (Å²) in [6, 6.07) is 7.55. The fourth-order valence-corrected chi connectivity index (χ4v) is 4.30. The number of hydrogen-bond donors (Lipinski definition) is 2. The van der Waals surface area contributed by atoms with Crippen LogP contribution in [0, 0.1) is 12.5 Å². The molecule has 0 spiro atoms. The van der Waals surface area contributed by atoms with Gasteiger partial charge in [-0.1, -0.05) is 24.3 Å². The van der Waals surface area contributed by atoms with Crippen molar-refractivity contribution in [3.05, 3.63) is 35.7 Å². The number of nitrogens with zero attached hydrogens (tertiary/aromatic N) is 6. The minimum atomic E-state index is -0.0900. The summed E-state index contributed by atoms with van der Waals surface area (Å²) in [5, 5.41) is 22.3. The highest BCUT2D eigenvalue weighted by Gasteiger charge is 2.05. The number of carbonyl (C=O) groups excluding carboxylic acids is 1. The monoisotopic (exact) mass is 827 g/mol. The first-order valence-corrected chi connectivity index (χ1v) is 19.5. The maximum absolute atomic E-state index is 12.1. The zero-order valence-electron chi connectivity index (χ0n) is 33.9. The number of carbonyl (C=O) groups is 1. The van der Waals surface area contributed by atoms with Crippen molar-refractivity contribution in [1.29, 1.82) is 5.53 Å². The summed E-state index contributed by atoms with van der Waals surface area (Å²) in [4.78, 5) is 15.0. The second-order valence-electron chi connectivity index (χ2n) is 11.8. The summed E-state index contributed by atoms with van der Waals surface area (Å²) < 4.78 is 65.4. The van der Waals surface area contributed by atoms with E-state index in [1.54, 1.807) is 6.92 Å². The largest absolute Gasteiger partial charge is 0.379 e. The Morgan fingerprint density at radius 2 is 0.845 bits per heavy atom. The minimum absolute atomic E-state index is 0.0900. The molecular formula is C37H63N8O13+. The van der Waals surface area contributed by atoms with E-state index in [9.17, 15) is 4.79 Å². The van der Waals surface area contributed by atoms with E-state index in [1.165, 1.54) is 0 Å². The van der Waals surface area contributed by atoms with Crippen molar-refractivity contribution >= 4 is 5.91 Å². The van der Waals surface area contributed by atoms with Gasteiger partial charge in [0.05, 0.1) is 159 Å². The molecule has 0 fully saturated rings. The summed E-state index contributed by atoms with van der Waals surface area (Å²) in [7, 11) is 0. The van der Waals surface area contributed by atoms with E-state index in [0.717, 1.165) is 11.1 Å². The molecule has 2 aromatic rings. The quantitative estimate of drug-likeness (QED) is 0.0539. The van der Waals surface area contributed by atoms with Gasteiger partial charge in [-0.05, 0) is 12.5 Å². The minimum Gasteiger partial charge on any atom is -0.379 e. The molecular weight excluding hydrogens is 764 g/mol. The van der Waals surface area contributed by atoms with Gasteiger partial charge in [0.2, 0.25) is 16.6 Å². The second kappa shape index (κ2) is 38.9. The van der Waals surface area contributed by atoms with Crippen molar-refractivity contribution in [2.45, 2.75) is 19.9 Å². The predicted molar refractivity (Wildman–Crippen MR) is 206 cm³/mol. The lowest BCUT2D eigenvalue weighted by Crippen LogP contribution is -2.24. The van der Waals surface area contributed by atoms with Crippen LogP contribution in [0.3, 0.4) is 0 Å². The molecule has 0 bridgehead atoms. The van der Waals surface area contributed by atoms with Crippen molar-refractivity contribution in [3.8, 4) is 11.4 Å². The van der Waals surface area contributed by atoms with Gasteiger partial charge in [0.15, 0.2) is 5.82 Å². The fraction of sp³-hybridized carbons (Fsp3) is 0.757. The van der Waals surface area contributed by atoms with Crippen molar-refractivity contribution in [1.82, 2.24) is 30.6 Å². The Morgan fingerprint density at radius 1 is 0.517 bits per heavy atom. The molecule has 21 nitrogen and oxygen atoms in total. The van der Waals surface area contributed by atoms with Crippen molar-refractivity contribution < 1.29 is 61.6 Å². The lowest BCUT2D eigenvalue weighted by atomic mass is 10.1. The van der Waals surface area contributed by atoms with Gasteiger partial charge in [-0.15, -0.1) is 20.4 Å². The molecule has 0 aliphatic rings. The number of aromatic nitrogens is 4. The molecule has 1 heterocycles. The van der Waals surface area contributed by atoms with E-state index in [0.29, 0.717) is 183 Å². The van der Waals surface area contributed by atoms with E-state index >= 15 is 0 Å². The maximum Gasteiger partial charge on any atom is 0.222 e. The lowest BCUT2D eigenvalue weighted by Gasteiger charge is -2.09. The number of hydrogen-bond acceptors (Lipinski definition) is 19. The third kappa shape index (κ3) is 31.5. The average molecular weight is 828 g/mol. The molecule has 0 saturated heterocycles. The highest BCUT2D eigenvalue weighted by atomic mass is 16.6. The summed E-state index contributed by atoms with van der Waals surface area (Å²) in [6.45, 7) is 13.7. The molecule has 1 aromatic carbocycles. The molecule has 1 amide bonds. The molecule has 0 radical (unpaired) electrons. The van der Waals surface area contributed by atoms with Crippen LogP contribution in [0.2, 0.25) is 0 Å². The van der Waals surface area contributed by atoms with Gasteiger partial charge < -0.3 is 62.2 Å². The Bertz CT molecular complexity index is 1280. The van der Waals surface area contributed by atoms with Crippen LogP contribution in [0.25, 0.3) is 11.4 Å². The Hall–Kier alpha value is -3.54. The van der Waals surface area contributed by atoms with Crippen LogP contribution < -0.4 is 10.2 Å². The molecule has 21 heteroatoms. The molecule has 0 atom stereocenters. The van der Waals surface area contributed by atoms with Gasteiger partial charge in [-0.2, -0.15) is 0 Å². The van der Waals surface area contributed by atoms with Gasteiger partial charge in [0.1, 0.15) is 17.2 Å². The number of amides is 1. The van der Waals surface area contributed by atoms with Gasteiger partial charge >= 0.3 is 0 Å². The average Bonchev–Trinajstić information content (AvgIpc) is 3.24. The van der Waals surface area contributed by atoms with Crippen LogP contribution in [0.15, 0.2) is 29.4 Å². The SMILES string of the molecule is Cc1nnc(-c2ccc(CNC(=O)CCOCCOCCOCCOCCOCCOCCOCCOCCOCCOCCOCCOCCN=[N+]=N)cc2)nn1. The highest BCUT2D eigenvalue weighted by molar-refractivity contribution is 5.76. The van der Waals surface area contributed by atoms with Crippen LogP contribution in [0.5, 0.6) is 0 Å². The number of aryl methyl sites for hydroxylation is 1. The molecule has 328 valence electrons. The van der Waals surface area contributed by atoms with Crippen LogP contribution in [0.4, 0.5) is 0 Å². The topological polar surface area (TPSA) is 242 Å². The Balaban J connectivity index is 1.18.